The lowest BCUT2D eigenvalue weighted by Gasteiger charge is -2.34. The molecule has 1 N–H and O–H groups in total. The van der Waals surface area contributed by atoms with Crippen LogP contribution in [0.15, 0.2) is 48.5 Å². The molecular weight excluding hydrogens is 405 g/mol. The third-order valence-electron chi connectivity index (χ3n) is 4.46. The highest BCUT2D eigenvalue weighted by atomic mass is 35.5. The Hall–Kier alpha value is -2.00. The van der Waals surface area contributed by atoms with Gasteiger partial charge in [0, 0.05) is 31.2 Å². The van der Waals surface area contributed by atoms with Crippen molar-refractivity contribution in [1.29, 1.82) is 0 Å². The molecule has 2 aromatic carbocycles. The first-order valence-corrected chi connectivity index (χ1v) is 10.6. The largest absolute Gasteiger partial charge is 0.351 e. The number of hydrogen-bond donors (Lipinski definition) is 1. The number of carbonyl (C=O) groups excluding carboxylic acids is 1. The van der Waals surface area contributed by atoms with Crippen LogP contribution in [-0.4, -0.2) is 42.6 Å². The fraction of sp³-hybridized carbons (Fsp3) is 0.316. The number of amides is 1. The molecule has 150 valence electrons. The maximum atomic E-state index is 12.9. The molecule has 0 spiro atoms. The van der Waals surface area contributed by atoms with Crippen molar-refractivity contribution in [1.82, 2.24) is 13.9 Å². The highest BCUT2D eigenvalue weighted by Gasteiger charge is 2.34. The molecule has 1 aliphatic rings. The van der Waals surface area contributed by atoms with Crippen molar-refractivity contribution in [3.8, 4) is 0 Å². The highest BCUT2D eigenvalue weighted by Crippen LogP contribution is 2.20. The summed E-state index contributed by atoms with van der Waals surface area (Å²) in [6.07, 6.45) is 0.637. The minimum Gasteiger partial charge on any atom is -0.351 e. The number of rotatable bonds is 6. The molecule has 0 unspecified atom stereocenters. The van der Waals surface area contributed by atoms with E-state index in [4.69, 9.17) is 11.6 Å². The fourth-order valence-corrected chi connectivity index (χ4v) is 4.72. The van der Waals surface area contributed by atoms with Crippen molar-refractivity contribution in [2.75, 3.05) is 19.6 Å². The lowest BCUT2D eigenvalue weighted by Crippen LogP contribution is -2.52. The summed E-state index contributed by atoms with van der Waals surface area (Å²) in [5.41, 5.74) is 1.57. The van der Waals surface area contributed by atoms with Crippen molar-refractivity contribution < 1.29 is 17.6 Å². The zero-order chi connectivity index (χ0) is 20.1. The number of halogens is 2. The number of benzene rings is 2. The van der Waals surface area contributed by atoms with Crippen molar-refractivity contribution in [3.63, 3.8) is 0 Å². The molecule has 1 aliphatic heterocycles. The summed E-state index contributed by atoms with van der Waals surface area (Å²) in [4.78, 5) is 12.2. The first-order valence-electron chi connectivity index (χ1n) is 8.85. The smallest absolute Gasteiger partial charge is 0.282 e. The minimum absolute atomic E-state index is 0.210. The summed E-state index contributed by atoms with van der Waals surface area (Å²) in [6, 6.07) is 12.8. The molecule has 1 fully saturated rings. The van der Waals surface area contributed by atoms with Crippen LogP contribution in [0.25, 0.3) is 0 Å². The van der Waals surface area contributed by atoms with Crippen molar-refractivity contribution in [3.05, 3.63) is 70.5 Å². The summed E-state index contributed by atoms with van der Waals surface area (Å²) in [5, 5.41) is 3.26. The Kier molecular flexibility index (Phi) is 6.66. The Morgan fingerprint density at radius 3 is 2.29 bits per heavy atom. The summed E-state index contributed by atoms with van der Waals surface area (Å²) < 4.78 is 41.1. The van der Waals surface area contributed by atoms with Gasteiger partial charge in [0.05, 0.1) is 6.54 Å². The second-order valence-corrected chi connectivity index (χ2v) is 8.92. The molecule has 6 nitrogen and oxygen atoms in total. The zero-order valence-corrected chi connectivity index (χ0v) is 16.7. The molecule has 0 aromatic heterocycles. The molecule has 3 rings (SSSR count). The average molecular weight is 426 g/mol. The predicted molar refractivity (Wildman–Crippen MR) is 105 cm³/mol. The van der Waals surface area contributed by atoms with Gasteiger partial charge in [0.25, 0.3) is 10.2 Å². The van der Waals surface area contributed by atoms with Gasteiger partial charge in [-0.25, -0.2) is 4.39 Å². The molecule has 1 amide bonds. The van der Waals surface area contributed by atoms with Crippen LogP contribution in [0.4, 0.5) is 4.39 Å². The van der Waals surface area contributed by atoms with Gasteiger partial charge in [-0.3, -0.25) is 4.79 Å². The second kappa shape index (κ2) is 9.00. The minimum atomic E-state index is -3.73. The Balaban J connectivity index is 1.59. The van der Waals surface area contributed by atoms with Crippen LogP contribution in [0.2, 0.25) is 5.02 Å². The third-order valence-corrected chi connectivity index (χ3v) is 6.64. The van der Waals surface area contributed by atoms with Crippen LogP contribution in [0.5, 0.6) is 0 Å². The lowest BCUT2D eigenvalue weighted by molar-refractivity contribution is -0.121. The first kappa shape index (κ1) is 20.7. The molecule has 1 heterocycles. The maximum absolute atomic E-state index is 12.9. The van der Waals surface area contributed by atoms with Gasteiger partial charge in [-0.2, -0.15) is 17.0 Å². The van der Waals surface area contributed by atoms with Crippen LogP contribution in [-0.2, 0) is 28.1 Å². The molecule has 0 radical (unpaired) electrons. The molecule has 9 heteroatoms. The Bertz CT molecular complexity index is 920. The van der Waals surface area contributed by atoms with Crippen molar-refractivity contribution in [2.45, 2.75) is 19.5 Å². The van der Waals surface area contributed by atoms with E-state index >= 15 is 0 Å². The number of carbonyl (C=O) groups is 1. The SMILES string of the molecule is O=C(CN1CCCN(Cc2ccc(Cl)cc2)S1(=O)=O)NCc1ccc(F)cc1. The number of hydrogen-bond acceptors (Lipinski definition) is 3. The van der Waals surface area contributed by atoms with Crippen LogP contribution in [0.1, 0.15) is 17.5 Å². The molecule has 1 saturated heterocycles. The van der Waals surface area contributed by atoms with Gasteiger partial charge >= 0.3 is 0 Å². The predicted octanol–water partition coefficient (Wildman–Crippen LogP) is 2.55. The molecule has 0 atom stereocenters. The molecule has 28 heavy (non-hydrogen) atoms. The van der Waals surface area contributed by atoms with Gasteiger partial charge in [0.1, 0.15) is 5.82 Å². The third kappa shape index (κ3) is 5.29. The number of nitrogens with zero attached hydrogens (tertiary/aromatic N) is 2. The van der Waals surface area contributed by atoms with Crippen molar-refractivity contribution >= 4 is 27.7 Å². The quantitative estimate of drug-likeness (QED) is 0.773. The Morgan fingerprint density at radius 2 is 1.61 bits per heavy atom. The summed E-state index contributed by atoms with van der Waals surface area (Å²) >= 11 is 5.87. The lowest BCUT2D eigenvalue weighted by atomic mass is 10.2. The van der Waals surface area contributed by atoms with Gasteiger partial charge in [-0.05, 0) is 41.8 Å². The van der Waals surface area contributed by atoms with Crippen LogP contribution >= 0.6 is 11.6 Å². The monoisotopic (exact) mass is 425 g/mol. The Morgan fingerprint density at radius 1 is 1.00 bits per heavy atom. The van der Waals surface area contributed by atoms with Gasteiger partial charge < -0.3 is 5.32 Å². The van der Waals surface area contributed by atoms with E-state index in [2.05, 4.69) is 5.32 Å². The molecule has 2 aromatic rings. The molecular formula is C19H21ClFN3O3S. The molecule has 0 bridgehead atoms. The standard InChI is InChI=1S/C19H21ClFN3O3S/c20-17-6-2-16(3-7-17)13-23-10-1-11-24(28(23,26)27)14-19(25)22-12-15-4-8-18(21)9-5-15/h2-9H,1,10-14H2,(H,22,25). The van der Waals surface area contributed by atoms with E-state index in [1.54, 1.807) is 36.4 Å². The van der Waals surface area contributed by atoms with E-state index in [0.29, 0.717) is 24.5 Å². The summed E-state index contributed by atoms with van der Waals surface area (Å²) in [5.74, 6) is -0.753. The van der Waals surface area contributed by atoms with E-state index in [-0.39, 0.29) is 25.5 Å². The maximum Gasteiger partial charge on any atom is 0.282 e. The zero-order valence-electron chi connectivity index (χ0n) is 15.1. The molecule has 0 aliphatic carbocycles. The van der Waals surface area contributed by atoms with E-state index in [0.717, 1.165) is 11.1 Å². The first-order chi connectivity index (χ1) is 13.3. The molecule has 0 saturated carbocycles. The fourth-order valence-electron chi connectivity index (χ4n) is 2.95. The topological polar surface area (TPSA) is 69.7 Å². The van der Waals surface area contributed by atoms with E-state index < -0.39 is 16.1 Å². The van der Waals surface area contributed by atoms with Crippen LogP contribution in [0.3, 0.4) is 0 Å². The van der Waals surface area contributed by atoms with E-state index in [1.807, 2.05) is 0 Å². The second-order valence-electron chi connectivity index (χ2n) is 6.56. The van der Waals surface area contributed by atoms with E-state index in [9.17, 15) is 17.6 Å². The van der Waals surface area contributed by atoms with Gasteiger partial charge in [0.2, 0.25) is 5.91 Å². The van der Waals surface area contributed by atoms with Crippen molar-refractivity contribution in [2.24, 2.45) is 0 Å². The highest BCUT2D eigenvalue weighted by molar-refractivity contribution is 7.86. The van der Waals surface area contributed by atoms with E-state index in [1.165, 1.54) is 20.7 Å². The Labute approximate surface area is 169 Å². The van der Waals surface area contributed by atoms with Gasteiger partial charge in [-0.15, -0.1) is 0 Å². The number of nitrogens with one attached hydrogen (secondary N) is 1. The van der Waals surface area contributed by atoms with Crippen LogP contribution < -0.4 is 5.32 Å². The summed E-state index contributed by atoms with van der Waals surface area (Å²) in [6.45, 7) is 0.886. The average Bonchev–Trinajstić information content (AvgIpc) is 2.66. The van der Waals surface area contributed by atoms with Gasteiger partial charge in [-0.1, -0.05) is 35.9 Å². The van der Waals surface area contributed by atoms with Crippen LogP contribution in [0, 0.1) is 5.82 Å². The summed E-state index contributed by atoms with van der Waals surface area (Å²) in [7, 11) is -3.73. The normalized spacial score (nSPS) is 17.4. The van der Waals surface area contributed by atoms with Gasteiger partial charge in [0.15, 0.2) is 0 Å².